The molecule has 4 heteroatoms. The van der Waals surface area contributed by atoms with Crippen LogP contribution in [0.25, 0.3) is 109 Å². The van der Waals surface area contributed by atoms with E-state index in [4.69, 9.17) is 9.40 Å². The first-order valence-corrected chi connectivity index (χ1v) is 18.4. The van der Waals surface area contributed by atoms with Gasteiger partial charge in [0, 0.05) is 70.9 Å². The fourth-order valence-corrected chi connectivity index (χ4v) is 9.18. The number of aromatic nitrogens is 2. The van der Waals surface area contributed by atoms with Gasteiger partial charge in [0.2, 0.25) is 0 Å². The van der Waals surface area contributed by atoms with Crippen molar-refractivity contribution in [3.8, 4) is 44.8 Å². The van der Waals surface area contributed by atoms with Crippen molar-refractivity contribution in [3.05, 3.63) is 164 Å². The number of para-hydroxylation sites is 1. The van der Waals surface area contributed by atoms with E-state index in [1.54, 1.807) is 0 Å². The average molecular weight is 683 g/mol. The number of thiophene rings is 1. The zero-order chi connectivity index (χ0) is 34.3. The molecule has 0 fully saturated rings. The molecule has 0 unspecified atom stereocenters. The highest BCUT2D eigenvalue weighted by atomic mass is 32.1. The predicted octanol–water partition coefficient (Wildman–Crippen LogP) is 13.7. The minimum Gasteiger partial charge on any atom is -0.456 e. The van der Waals surface area contributed by atoms with Gasteiger partial charge in [0.15, 0.2) is 0 Å². The Labute approximate surface area is 303 Å². The largest absolute Gasteiger partial charge is 0.456 e. The summed E-state index contributed by atoms with van der Waals surface area (Å²) >= 11 is 1.84. The van der Waals surface area contributed by atoms with Gasteiger partial charge in [0.05, 0.1) is 11.4 Å². The molecule has 52 heavy (non-hydrogen) atoms. The van der Waals surface area contributed by atoms with Gasteiger partial charge in [-0.25, -0.2) is 4.98 Å². The molecule has 244 valence electrons. The lowest BCUT2D eigenvalue weighted by molar-refractivity contribution is 0.669. The predicted molar refractivity (Wildman–Crippen MR) is 220 cm³/mol. The summed E-state index contributed by atoms with van der Waals surface area (Å²) in [7, 11) is 2.14. The van der Waals surface area contributed by atoms with Gasteiger partial charge in [-0.05, 0) is 89.0 Å². The molecule has 4 heterocycles. The molecule has 0 aliphatic rings. The molecule has 11 rings (SSSR count). The summed E-state index contributed by atoms with van der Waals surface area (Å²) in [6.45, 7) is 0. The van der Waals surface area contributed by atoms with Gasteiger partial charge >= 0.3 is 0 Å². The van der Waals surface area contributed by atoms with E-state index in [-0.39, 0.29) is 0 Å². The Bertz CT molecular complexity index is 3200. The quantitative estimate of drug-likeness (QED) is 0.185. The van der Waals surface area contributed by atoms with Crippen molar-refractivity contribution in [1.29, 1.82) is 0 Å². The molecule has 0 N–H and O–H groups in total. The number of benzene rings is 7. The third-order valence-corrected chi connectivity index (χ3v) is 11.7. The van der Waals surface area contributed by atoms with Crippen molar-refractivity contribution >= 4 is 75.3 Å². The highest BCUT2D eigenvalue weighted by Gasteiger charge is 2.17. The van der Waals surface area contributed by atoms with Gasteiger partial charge in [-0.15, -0.1) is 11.3 Å². The molecule has 0 spiro atoms. The minimum absolute atomic E-state index is 0.909. The molecule has 0 aliphatic heterocycles. The van der Waals surface area contributed by atoms with Crippen LogP contribution in [0.1, 0.15) is 0 Å². The van der Waals surface area contributed by atoms with Crippen LogP contribution in [0.15, 0.2) is 168 Å². The Kier molecular flexibility index (Phi) is 6.34. The molecular formula is C48H30N2OS. The van der Waals surface area contributed by atoms with E-state index in [1.165, 1.54) is 47.4 Å². The summed E-state index contributed by atoms with van der Waals surface area (Å²) in [5.41, 5.74) is 13.0. The number of hydrogen-bond acceptors (Lipinski definition) is 3. The normalized spacial score (nSPS) is 11.9. The zero-order valence-electron chi connectivity index (χ0n) is 28.3. The highest BCUT2D eigenvalue weighted by Crippen LogP contribution is 2.43. The third kappa shape index (κ3) is 4.48. The van der Waals surface area contributed by atoms with Crippen molar-refractivity contribution in [3.63, 3.8) is 0 Å². The summed E-state index contributed by atoms with van der Waals surface area (Å²) in [5.74, 6) is 0. The van der Waals surface area contributed by atoms with E-state index in [1.807, 2.05) is 11.3 Å². The van der Waals surface area contributed by atoms with Crippen molar-refractivity contribution < 1.29 is 4.42 Å². The number of nitrogens with zero attached hydrogens (tertiary/aromatic N) is 2. The second-order valence-corrected chi connectivity index (χ2v) is 14.7. The maximum atomic E-state index is 6.42. The van der Waals surface area contributed by atoms with Crippen molar-refractivity contribution in [1.82, 2.24) is 9.55 Å². The first kappa shape index (κ1) is 29.3. The highest BCUT2D eigenvalue weighted by molar-refractivity contribution is 7.26. The summed E-state index contributed by atoms with van der Waals surface area (Å²) in [5, 5.41) is 7.39. The van der Waals surface area contributed by atoms with Crippen LogP contribution in [0.5, 0.6) is 0 Å². The van der Waals surface area contributed by atoms with Crippen LogP contribution in [-0.2, 0) is 7.05 Å². The van der Waals surface area contributed by atoms with Crippen LogP contribution in [0.4, 0.5) is 0 Å². The van der Waals surface area contributed by atoms with Crippen molar-refractivity contribution in [2.24, 2.45) is 7.05 Å². The molecule has 0 radical (unpaired) electrons. The molecule has 4 aromatic heterocycles. The Morgan fingerprint density at radius 2 is 1.08 bits per heavy atom. The lowest BCUT2D eigenvalue weighted by Gasteiger charge is -2.12. The number of hydrogen-bond donors (Lipinski definition) is 0. The molecule has 0 saturated heterocycles. The fraction of sp³-hybridized carbons (Fsp3) is 0.0208. The van der Waals surface area contributed by atoms with Crippen LogP contribution in [0.3, 0.4) is 0 Å². The Hall–Kier alpha value is -6.49. The summed E-state index contributed by atoms with van der Waals surface area (Å²) in [6, 6.07) is 58.8. The van der Waals surface area contributed by atoms with Crippen LogP contribution in [0.2, 0.25) is 0 Å². The Morgan fingerprint density at radius 1 is 0.423 bits per heavy atom. The Balaban J connectivity index is 1.07. The molecule has 0 amide bonds. The Morgan fingerprint density at radius 3 is 1.96 bits per heavy atom. The maximum absolute atomic E-state index is 6.42. The monoisotopic (exact) mass is 682 g/mol. The molecule has 0 aliphatic carbocycles. The second kappa shape index (κ2) is 11.3. The first-order chi connectivity index (χ1) is 25.7. The molecule has 0 saturated carbocycles. The van der Waals surface area contributed by atoms with E-state index in [9.17, 15) is 0 Å². The lowest BCUT2D eigenvalue weighted by atomic mass is 9.95. The zero-order valence-corrected chi connectivity index (χ0v) is 29.1. The van der Waals surface area contributed by atoms with Gasteiger partial charge in [-0.3, -0.25) is 0 Å². The van der Waals surface area contributed by atoms with Crippen LogP contribution < -0.4 is 0 Å². The molecule has 0 atom stereocenters. The van der Waals surface area contributed by atoms with E-state index in [2.05, 4.69) is 175 Å². The van der Waals surface area contributed by atoms with Gasteiger partial charge < -0.3 is 8.98 Å². The minimum atomic E-state index is 0.909. The van der Waals surface area contributed by atoms with Crippen LogP contribution in [-0.4, -0.2) is 9.55 Å². The van der Waals surface area contributed by atoms with Gasteiger partial charge in [-0.2, -0.15) is 0 Å². The average Bonchev–Trinajstić information content (AvgIpc) is 3.87. The molecule has 7 aromatic carbocycles. The summed E-state index contributed by atoms with van der Waals surface area (Å²) in [6.07, 6.45) is 0. The van der Waals surface area contributed by atoms with Gasteiger partial charge in [0.25, 0.3) is 0 Å². The number of aryl methyl sites for hydroxylation is 1. The standard InChI is InChI=1S/C48H30N2OS/c1-50-41-16-7-5-14-35(41)37-26-33(18-20-42(37)50)40-28-34(27-39(49-40)29-10-3-2-4-11-29)31-13-9-12-30(24-31)32-19-21-43-38(25-32)47-44(51-43)22-23-46-48(47)36-15-6-8-17-45(36)52-46/h2-28H,1H3. The van der Waals surface area contributed by atoms with Crippen molar-refractivity contribution in [2.75, 3.05) is 0 Å². The number of rotatable bonds is 4. The van der Waals surface area contributed by atoms with E-state index >= 15 is 0 Å². The van der Waals surface area contributed by atoms with E-state index in [0.29, 0.717) is 0 Å². The summed E-state index contributed by atoms with van der Waals surface area (Å²) in [4.78, 5) is 5.26. The van der Waals surface area contributed by atoms with Gasteiger partial charge in [0.1, 0.15) is 11.2 Å². The SMILES string of the molecule is Cn1c2ccccc2c2cc(-c3cc(-c4cccc(-c5ccc6oc7ccc8sc9ccccc9c8c7c6c5)c4)cc(-c4ccccc4)n3)ccc21. The van der Waals surface area contributed by atoms with Crippen molar-refractivity contribution in [2.45, 2.75) is 0 Å². The van der Waals surface area contributed by atoms with Gasteiger partial charge in [-0.1, -0.05) is 97.1 Å². The first-order valence-electron chi connectivity index (χ1n) is 17.6. The second-order valence-electron chi connectivity index (χ2n) is 13.6. The third-order valence-electron chi connectivity index (χ3n) is 10.6. The molecule has 0 bridgehead atoms. The van der Waals surface area contributed by atoms with Crippen LogP contribution >= 0.6 is 11.3 Å². The van der Waals surface area contributed by atoms with Crippen LogP contribution in [0, 0.1) is 0 Å². The number of pyridine rings is 1. The molecular weight excluding hydrogens is 653 g/mol. The maximum Gasteiger partial charge on any atom is 0.136 e. The number of furan rings is 1. The van der Waals surface area contributed by atoms with E-state index in [0.717, 1.165) is 61.3 Å². The smallest absolute Gasteiger partial charge is 0.136 e. The fourth-order valence-electron chi connectivity index (χ4n) is 8.07. The topological polar surface area (TPSA) is 31.0 Å². The summed E-state index contributed by atoms with van der Waals surface area (Å²) < 4.78 is 11.3. The van der Waals surface area contributed by atoms with E-state index < -0.39 is 0 Å². The molecule has 3 nitrogen and oxygen atoms in total. The molecule has 11 aromatic rings. The lowest BCUT2D eigenvalue weighted by Crippen LogP contribution is -1.92. The number of fused-ring (bicyclic) bond motifs is 10.